The van der Waals surface area contributed by atoms with Crippen LogP contribution in [0.2, 0.25) is 0 Å². The first kappa shape index (κ1) is 20.2. The summed E-state index contributed by atoms with van der Waals surface area (Å²) in [6.45, 7) is 4.17. The van der Waals surface area contributed by atoms with Gasteiger partial charge in [-0.2, -0.15) is 5.26 Å². The van der Waals surface area contributed by atoms with E-state index in [0.29, 0.717) is 36.3 Å². The van der Waals surface area contributed by atoms with Gasteiger partial charge in [-0.25, -0.2) is 9.38 Å². The van der Waals surface area contributed by atoms with Gasteiger partial charge in [-0.05, 0) is 38.0 Å². The van der Waals surface area contributed by atoms with Crippen LogP contribution in [0.25, 0.3) is 0 Å². The van der Waals surface area contributed by atoms with E-state index in [1.165, 1.54) is 43.9 Å². The Labute approximate surface area is 155 Å². The number of aliphatic imine (C=N–C) groups is 1. The van der Waals surface area contributed by atoms with Gasteiger partial charge in [0.1, 0.15) is 5.82 Å². The average Bonchev–Trinajstić information content (AvgIpc) is 2.93. The minimum Gasteiger partial charge on any atom is -0.376 e. The molecule has 0 atom stereocenters. The Hall–Kier alpha value is -2.13. The fourth-order valence-electron chi connectivity index (χ4n) is 3.08. The lowest BCUT2D eigenvalue weighted by atomic mass is 10.1. The molecule has 0 amide bonds. The zero-order valence-corrected chi connectivity index (χ0v) is 15.6. The second-order valence-corrected chi connectivity index (χ2v) is 6.52. The number of nitriles is 1. The fourth-order valence-corrected chi connectivity index (χ4v) is 3.08. The molecule has 0 unspecified atom stereocenters. The average molecular weight is 360 g/mol. The molecule has 0 aromatic heterocycles. The summed E-state index contributed by atoms with van der Waals surface area (Å²) in [6, 6.07) is 6.34. The number of guanidine groups is 1. The minimum absolute atomic E-state index is 0.181. The molecule has 0 radical (unpaired) electrons. The molecule has 0 bridgehead atoms. The first-order valence-corrected chi connectivity index (χ1v) is 9.55. The summed E-state index contributed by atoms with van der Waals surface area (Å²) in [5, 5.41) is 15.3. The van der Waals surface area contributed by atoms with Gasteiger partial charge in [0.2, 0.25) is 0 Å². The molecule has 6 heteroatoms. The topological polar surface area (TPSA) is 69.4 Å². The van der Waals surface area contributed by atoms with Crippen LogP contribution in [0.3, 0.4) is 0 Å². The molecule has 2 N–H and O–H groups in total. The van der Waals surface area contributed by atoms with E-state index in [1.807, 2.05) is 13.0 Å². The molecule has 1 aliphatic carbocycles. The third kappa shape index (κ3) is 7.01. The maximum atomic E-state index is 13.8. The van der Waals surface area contributed by atoms with Crippen molar-refractivity contribution in [2.24, 2.45) is 4.99 Å². The van der Waals surface area contributed by atoms with E-state index in [4.69, 9.17) is 10.00 Å². The first-order chi connectivity index (χ1) is 12.7. The maximum Gasteiger partial charge on any atom is 0.191 e. The van der Waals surface area contributed by atoms with E-state index < -0.39 is 0 Å². The van der Waals surface area contributed by atoms with Crippen molar-refractivity contribution in [3.05, 3.63) is 35.1 Å². The van der Waals surface area contributed by atoms with Crippen molar-refractivity contribution in [2.75, 3.05) is 19.7 Å². The van der Waals surface area contributed by atoms with E-state index in [1.54, 1.807) is 0 Å². The standard InChI is InChI=1S/C20H29FN4O/c1-2-23-20(24-11-12-26-18-7-5-3-4-6-8-18)25-15-17-13-16(14-22)9-10-19(17)21/h9-10,13,18H,2-8,11-12,15H2,1H3,(H2,23,24,25). The molecular formula is C20H29FN4O. The second-order valence-electron chi connectivity index (χ2n) is 6.52. The van der Waals surface area contributed by atoms with Crippen LogP contribution in [0.4, 0.5) is 4.39 Å². The predicted molar refractivity (Wildman–Crippen MR) is 101 cm³/mol. The Balaban J connectivity index is 1.81. The Bertz CT molecular complexity index is 619. The molecule has 0 saturated heterocycles. The number of nitrogens with zero attached hydrogens (tertiary/aromatic N) is 2. The van der Waals surface area contributed by atoms with Crippen LogP contribution >= 0.6 is 0 Å². The normalized spacial score (nSPS) is 16.0. The zero-order chi connectivity index (χ0) is 18.6. The van der Waals surface area contributed by atoms with Crippen molar-refractivity contribution >= 4 is 5.96 Å². The summed E-state index contributed by atoms with van der Waals surface area (Å²) >= 11 is 0. The molecule has 5 nitrogen and oxygen atoms in total. The molecular weight excluding hydrogens is 331 g/mol. The summed E-state index contributed by atoms with van der Waals surface area (Å²) in [5.74, 6) is 0.277. The number of nitrogens with one attached hydrogen (secondary N) is 2. The van der Waals surface area contributed by atoms with E-state index in [-0.39, 0.29) is 12.4 Å². The number of hydrogen-bond donors (Lipinski definition) is 2. The molecule has 26 heavy (non-hydrogen) atoms. The van der Waals surface area contributed by atoms with Crippen LogP contribution in [-0.2, 0) is 11.3 Å². The zero-order valence-electron chi connectivity index (χ0n) is 15.6. The Kier molecular flexibility index (Phi) is 8.91. The molecule has 1 aliphatic rings. The Morgan fingerprint density at radius 3 is 2.73 bits per heavy atom. The number of ether oxygens (including phenoxy) is 1. The minimum atomic E-state index is -0.347. The van der Waals surface area contributed by atoms with Gasteiger partial charge in [0, 0.05) is 18.7 Å². The van der Waals surface area contributed by atoms with Gasteiger partial charge in [0.25, 0.3) is 0 Å². The van der Waals surface area contributed by atoms with E-state index in [9.17, 15) is 4.39 Å². The van der Waals surface area contributed by atoms with Crippen LogP contribution < -0.4 is 10.6 Å². The van der Waals surface area contributed by atoms with Gasteiger partial charge >= 0.3 is 0 Å². The lowest BCUT2D eigenvalue weighted by molar-refractivity contribution is 0.0468. The molecule has 142 valence electrons. The van der Waals surface area contributed by atoms with Crippen LogP contribution in [0.5, 0.6) is 0 Å². The summed E-state index contributed by atoms with van der Waals surface area (Å²) < 4.78 is 19.8. The van der Waals surface area contributed by atoms with Gasteiger partial charge in [0.05, 0.1) is 30.9 Å². The van der Waals surface area contributed by atoms with Crippen molar-refractivity contribution < 1.29 is 9.13 Å². The predicted octanol–water partition coefficient (Wildman–Crippen LogP) is 3.49. The molecule has 0 aliphatic heterocycles. The van der Waals surface area contributed by atoms with E-state index in [2.05, 4.69) is 15.6 Å². The monoisotopic (exact) mass is 360 g/mol. The second kappa shape index (κ2) is 11.5. The Morgan fingerprint density at radius 2 is 2.04 bits per heavy atom. The lowest BCUT2D eigenvalue weighted by Crippen LogP contribution is -2.39. The van der Waals surface area contributed by atoms with Crippen molar-refractivity contribution in [3.8, 4) is 6.07 Å². The van der Waals surface area contributed by atoms with Gasteiger partial charge < -0.3 is 15.4 Å². The molecule has 0 heterocycles. The molecule has 1 aromatic rings. The highest BCUT2D eigenvalue weighted by molar-refractivity contribution is 5.79. The number of hydrogen-bond acceptors (Lipinski definition) is 3. The highest BCUT2D eigenvalue weighted by Gasteiger charge is 2.12. The van der Waals surface area contributed by atoms with Gasteiger partial charge in [0.15, 0.2) is 5.96 Å². The summed E-state index contributed by atoms with van der Waals surface area (Å²) in [5.41, 5.74) is 0.849. The van der Waals surface area contributed by atoms with Crippen LogP contribution in [0, 0.1) is 17.1 Å². The van der Waals surface area contributed by atoms with Gasteiger partial charge in [-0.1, -0.05) is 25.7 Å². The molecule has 2 rings (SSSR count). The van der Waals surface area contributed by atoms with Crippen LogP contribution in [0.15, 0.2) is 23.2 Å². The van der Waals surface area contributed by atoms with Crippen LogP contribution in [-0.4, -0.2) is 31.8 Å². The molecule has 1 fully saturated rings. The fraction of sp³-hybridized carbons (Fsp3) is 0.600. The van der Waals surface area contributed by atoms with Gasteiger partial charge in [-0.15, -0.1) is 0 Å². The summed E-state index contributed by atoms with van der Waals surface area (Å²) in [6.07, 6.45) is 7.84. The van der Waals surface area contributed by atoms with E-state index >= 15 is 0 Å². The Morgan fingerprint density at radius 1 is 1.27 bits per heavy atom. The smallest absolute Gasteiger partial charge is 0.191 e. The van der Waals surface area contributed by atoms with Crippen molar-refractivity contribution in [2.45, 2.75) is 58.1 Å². The van der Waals surface area contributed by atoms with Crippen molar-refractivity contribution in [3.63, 3.8) is 0 Å². The van der Waals surface area contributed by atoms with Crippen molar-refractivity contribution in [1.29, 1.82) is 5.26 Å². The van der Waals surface area contributed by atoms with Gasteiger partial charge in [-0.3, -0.25) is 0 Å². The third-order valence-electron chi connectivity index (χ3n) is 4.48. The van der Waals surface area contributed by atoms with E-state index in [0.717, 1.165) is 19.4 Å². The number of rotatable bonds is 7. The summed E-state index contributed by atoms with van der Waals surface area (Å²) in [4.78, 5) is 4.41. The highest BCUT2D eigenvalue weighted by atomic mass is 19.1. The third-order valence-corrected chi connectivity index (χ3v) is 4.48. The lowest BCUT2D eigenvalue weighted by Gasteiger charge is -2.16. The number of benzene rings is 1. The maximum absolute atomic E-state index is 13.8. The molecule has 1 saturated carbocycles. The molecule has 0 spiro atoms. The largest absolute Gasteiger partial charge is 0.376 e. The molecule has 1 aromatic carbocycles. The van der Waals surface area contributed by atoms with Crippen molar-refractivity contribution in [1.82, 2.24) is 10.6 Å². The SMILES string of the molecule is CCNC(=NCc1cc(C#N)ccc1F)NCCOC1CCCCCC1. The number of halogens is 1. The summed E-state index contributed by atoms with van der Waals surface area (Å²) in [7, 11) is 0. The van der Waals surface area contributed by atoms with Crippen LogP contribution in [0.1, 0.15) is 56.6 Å². The quantitative estimate of drug-likeness (QED) is 0.338. The highest BCUT2D eigenvalue weighted by Crippen LogP contribution is 2.19. The first-order valence-electron chi connectivity index (χ1n) is 9.55.